The molecule has 0 spiro atoms. The largest absolute Gasteiger partial charge is 0.467 e. The fraction of sp³-hybridized carbons (Fsp3) is 0.333. The average Bonchev–Trinajstić information content (AvgIpc) is 3.31. The van der Waals surface area contributed by atoms with Crippen LogP contribution in [0.4, 0.5) is 10.5 Å². The van der Waals surface area contributed by atoms with E-state index >= 15 is 0 Å². The van der Waals surface area contributed by atoms with Crippen LogP contribution in [-0.4, -0.2) is 59.7 Å². The van der Waals surface area contributed by atoms with Crippen molar-refractivity contribution in [3.05, 3.63) is 54.0 Å². The van der Waals surface area contributed by atoms with Crippen LogP contribution >= 0.6 is 0 Å². The Morgan fingerprint density at radius 1 is 1.10 bits per heavy atom. The molecule has 0 bridgehead atoms. The molecule has 0 atom stereocenters. The zero-order chi connectivity index (χ0) is 21.7. The van der Waals surface area contributed by atoms with Gasteiger partial charge in [-0.05, 0) is 43.7 Å². The lowest BCUT2D eigenvalue weighted by Crippen LogP contribution is -2.43. The van der Waals surface area contributed by atoms with Gasteiger partial charge in [-0.3, -0.25) is 14.4 Å². The number of likely N-dealkylation sites (N-methyl/N-ethyl adjacent to an activating group) is 1. The summed E-state index contributed by atoms with van der Waals surface area (Å²) in [5.41, 5.74) is 2.20. The van der Waals surface area contributed by atoms with Crippen molar-refractivity contribution in [3.63, 3.8) is 0 Å². The minimum Gasteiger partial charge on any atom is -0.467 e. The third kappa shape index (κ3) is 4.68. The zero-order valence-electron chi connectivity index (χ0n) is 17.0. The van der Waals surface area contributed by atoms with Gasteiger partial charge >= 0.3 is 17.8 Å². The van der Waals surface area contributed by atoms with Crippen molar-refractivity contribution in [3.8, 4) is 0 Å². The van der Waals surface area contributed by atoms with Gasteiger partial charge in [-0.2, -0.15) is 0 Å². The lowest BCUT2D eigenvalue weighted by atomic mass is 10.2. The van der Waals surface area contributed by atoms with Crippen molar-refractivity contribution in [2.75, 3.05) is 31.1 Å². The van der Waals surface area contributed by atoms with E-state index in [1.54, 1.807) is 12.1 Å². The maximum Gasteiger partial charge on any atom is 0.335 e. The van der Waals surface area contributed by atoms with E-state index in [9.17, 15) is 19.2 Å². The molecule has 9 heteroatoms. The lowest BCUT2D eigenvalue weighted by Gasteiger charge is -2.24. The molecule has 0 unspecified atom stereocenters. The second-order valence-electron chi connectivity index (χ2n) is 6.91. The van der Waals surface area contributed by atoms with Gasteiger partial charge in [-0.25, -0.2) is 14.6 Å². The lowest BCUT2D eigenvalue weighted by molar-refractivity contribution is -0.144. The first-order valence-electron chi connectivity index (χ1n) is 9.68. The Morgan fingerprint density at radius 3 is 2.53 bits per heavy atom. The van der Waals surface area contributed by atoms with Crippen molar-refractivity contribution < 1.29 is 23.6 Å². The van der Waals surface area contributed by atoms with Crippen molar-refractivity contribution in [1.82, 2.24) is 15.1 Å². The van der Waals surface area contributed by atoms with Crippen LogP contribution in [0.1, 0.15) is 18.2 Å². The molecule has 0 radical (unpaired) electrons. The van der Waals surface area contributed by atoms with Gasteiger partial charge in [-0.1, -0.05) is 12.1 Å². The molecule has 1 aromatic carbocycles. The highest BCUT2D eigenvalue weighted by atomic mass is 16.3. The molecule has 1 saturated heterocycles. The van der Waals surface area contributed by atoms with E-state index in [4.69, 9.17) is 4.42 Å². The van der Waals surface area contributed by atoms with Crippen LogP contribution in [0.5, 0.6) is 0 Å². The highest BCUT2D eigenvalue weighted by Crippen LogP contribution is 2.17. The number of rotatable bonds is 9. The number of carbonyl (C=O) groups is 4. The number of nitrogens with zero attached hydrogens (tertiary/aromatic N) is 3. The molecular formula is C21H24N4O5. The van der Waals surface area contributed by atoms with Crippen LogP contribution in [0.15, 0.2) is 47.1 Å². The molecule has 1 aromatic heterocycles. The standard InChI is InChI=1S/C21H24N4O5/c1-3-23(16-7-4-6-15(2)12-16)10-9-22-18(26)14-25-20(28)19(27)24(21(25)29)13-17-8-5-11-30-17/h4-8,11-12H,3,9-10,13-14H2,1-2H3,(H,22,26). The Labute approximate surface area is 174 Å². The molecule has 30 heavy (non-hydrogen) atoms. The number of carbonyl (C=O) groups excluding carboxylic acids is 4. The number of urea groups is 1. The fourth-order valence-electron chi connectivity index (χ4n) is 3.21. The molecule has 5 amide bonds. The molecule has 1 aliphatic heterocycles. The first-order chi connectivity index (χ1) is 14.4. The smallest absolute Gasteiger partial charge is 0.335 e. The Morgan fingerprint density at radius 2 is 1.87 bits per heavy atom. The summed E-state index contributed by atoms with van der Waals surface area (Å²) in [6, 6.07) is 10.4. The molecule has 0 saturated carbocycles. The SMILES string of the molecule is CCN(CCNC(=O)CN1C(=O)C(=O)N(Cc2ccco2)C1=O)c1cccc(C)c1. The average molecular weight is 412 g/mol. The number of amides is 5. The van der Waals surface area contributed by atoms with Crippen LogP contribution in [-0.2, 0) is 20.9 Å². The second kappa shape index (κ2) is 9.25. The van der Waals surface area contributed by atoms with E-state index in [-0.39, 0.29) is 6.54 Å². The molecule has 1 fully saturated rings. The Bertz CT molecular complexity index is 941. The Kier molecular flexibility index (Phi) is 6.51. The van der Waals surface area contributed by atoms with E-state index in [0.29, 0.717) is 23.7 Å². The third-order valence-corrected chi connectivity index (χ3v) is 4.78. The van der Waals surface area contributed by atoms with Crippen LogP contribution < -0.4 is 10.2 Å². The molecule has 2 aromatic rings. The third-order valence-electron chi connectivity index (χ3n) is 4.78. The first kappa shape index (κ1) is 21.1. The molecule has 1 aliphatic rings. The van der Waals surface area contributed by atoms with Crippen LogP contribution in [0, 0.1) is 6.92 Å². The molecule has 3 rings (SSSR count). The van der Waals surface area contributed by atoms with Crippen LogP contribution in [0.2, 0.25) is 0 Å². The van der Waals surface area contributed by atoms with Gasteiger partial charge in [-0.15, -0.1) is 0 Å². The number of furan rings is 1. The topological polar surface area (TPSA) is 103 Å². The molecule has 0 aliphatic carbocycles. The summed E-state index contributed by atoms with van der Waals surface area (Å²) in [5, 5.41) is 2.70. The summed E-state index contributed by atoms with van der Waals surface area (Å²) in [6.07, 6.45) is 1.41. The zero-order valence-corrected chi connectivity index (χ0v) is 17.0. The second-order valence-corrected chi connectivity index (χ2v) is 6.91. The normalized spacial score (nSPS) is 13.9. The summed E-state index contributed by atoms with van der Waals surface area (Å²) in [7, 11) is 0. The number of hydrogen-bond acceptors (Lipinski definition) is 6. The van der Waals surface area contributed by atoms with Gasteiger partial charge in [0.05, 0.1) is 12.8 Å². The molecule has 158 valence electrons. The van der Waals surface area contributed by atoms with Gasteiger partial charge < -0.3 is 14.6 Å². The highest BCUT2D eigenvalue weighted by molar-refractivity contribution is 6.44. The van der Waals surface area contributed by atoms with Crippen LogP contribution in [0.25, 0.3) is 0 Å². The molecule has 9 nitrogen and oxygen atoms in total. The van der Waals surface area contributed by atoms with Gasteiger partial charge in [0.2, 0.25) is 5.91 Å². The van der Waals surface area contributed by atoms with Gasteiger partial charge in [0.15, 0.2) is 0 Å². The van der Waals surface area contributed by atoms with Gasteiger partial charge in [0, 0.05) is 25.3 Å². The monoisotopic (exact) mass is 412 g/mol. The van der Waals surface area contributed by atoms with Crippen molar-refractivity contribution in [2.45, 2.75) is 20.4 Å². The maximum atomic E-state index is 12.4. The summed E-state index contributed by atoms with van der Waals surface area (Å²) >= 11 is 0. The van der Waals surface area contributed by atoms with E-state index in [1.165, 1.54) is 6.26 Å². The van der Waals surface area contributed by atoms with E-state index < -0.39 is 30.3 Å². The highest BCUT2D eigenvalue weighted by Gasteiger charge is 2.45. The number of anilines is 1. The minimum atomic E-state index is -1.02. The summed E-state index contributed by atoms with van der Waals surface area (Å²) in [5.74, 6) is -2.13. The first-order valence-corrected chi connectivity index (χ1v) is 9.68. The quantitative estimate of drug-likeness (QED) is 0.495. The Balaban J connectivity index is 1.52. The van der Waals surface area contributed by atoms with Gasteiger partial charge in [0.25, 0.3) is 0 Å². The van der Waals surface area contributed by atoms with Gasteiger partial charge in [0.1, 0.15) is 12.3 Å². The number of aryl methyl sites for hydroxylation is 1. The number of hydrogen-bond donors (Lipinski definition) is 1. The van der Waals surface area contributed by atoms with Crippen LogP contribution in [0.3, 0.4) is 0 Å². The number of imide groups is 2. The van der Waals surface area contributed by atoms with E-state index in [0.717, 1.165) is 22.7 Å². The maximum absolute atomic E-state index is 12.4. The minimum absolute atomic E-state index is 0.156. The summed E-state index contributed by atoms with van der Waals surface area (Å²) in [4.78, 5) is 52.4. The Hall–Kier alpha value is -3.62. The van der Waals surface area contributed by atoms with Crippen molar-refractivity contribution in [2.24, 2.45) is 0 Å². The van der Waals surface area contributed by atoms with Crippen molar-refractivity contribution in [1.29, 1.82) is 0 Å². The molecule has 1 N–H and O–H groups in total. The van der Waals surface area contributed by atoms with Crippen molar-refractivity contribution >= 4 is 29.4 Å². The number of nitrogens with one attached hydrogen (secondary N) is 1. The predicted molar refractivity (Wildman–Crippen MR) is 108 cm³/mol. The summed E-state index contributed by atoms with van der Waals surface area (Å²) in [6.45, 7) is 5.03. The molecule has 2 heterocycles. The van der Waals surface area contributed by atoms with E-state index in [1.807, 2.05) is 32.0 Å². The predicted octanol–water partition coefficient (Wildman–Crippen LogP) is 1.52. The fourth-order valence-corrected chi connectivity index (χ4v) is 3.21. The van der Waals surface area contributed by atoms with E-state index in [2.05, 4.69) is 16.3 Å². The summed E-state index contributed by atoms with van der Waals surface area (Å²) < 4.78 is 5.11. The molecular weight excluding hydrogens is 388 g/mol. The number of benzene rings is 1.